The summed E-state index contributed by atoms with van der Waals surface area (Å²) in [6.45, 7) is 0.408. The Morgan fingerprint density at radius 2 is 2.00 bits per heavy atom. The number of carbonyl (C=O) groups excluding carboxylic acids is 1. The van der Waals surface area contributed by atoms with Crippen molar-refractivity contribution in [3.8, 4) is 5.75 Å². The van der Waals surface area contributed by atoms with Crippen LogP contribution in [0.2, 0.25) is 0 Å². The van der Waals surface area contributed by atoms with Gasteiger partial charge in [-0.1, -0.05) is 12.1 Å². The second-order valence-electron chi connectivity index (χ2n) is 4.35. The number of aromatic carboxylic acids is 1. The molecule has 0 aliphatic heterocycles. The lowest BCUT2D eigenvalue weighted by Crippen LogP contribution is -2.26. The molecular weight excluding hydrogens is 292 g/mol. The molecule has 0 unspecified atom stereocenters. The van der Waals surface area contributed by atoms with E-state index in [1.54, 1.807) is 14.2 Å². The van der Waals surface area contributed by atoms with Gasteiger partial charge in [-0.25, -0.2) is 9.78 Å². The average Bonchev–Trinajstić information content (AvgIpc) is 2.97. The van der Waals surface area contributed by atoms with E-state index in [0.717, 1.165) is 22.6 Å². The number of ether oxygens (including phenoxy) is 1. The van der Waals surface area contributed by atoms with Gasteiger partial charge in [0.05, 0.1) is 7.11 Å². The number of carbonyl (C=O) groups is 2. The third kappa shape index (κ3) is 3.57. The van der Waals surface area contributed by atoms with Gasteiger partial charge in [-0.2, -0.15) is 0 Å². The van der Waals surface area contributed by atoms with Crippen LogP contribution in [0.4, 0.5) is 0 Å². The molecule has 0 radical (unpaired) electrons. The normalized spacial score (nSPS) is 10.2. The molecule has 1 aromatic carbocycles. The molecular formula is C14H14N2O4S. The third-order valence-electron chi connectivity index (χ3n) is 2.83. The number of benzene rings is 1. The molecule has 0 spiro atoms. The number of carboxylic acid groups (broad SMARTS) is 1. The van der Waals surface area contributed by atoms with Gasteiger partial charge in [0.25, 0.3) is 5.91 Å². The molecule has 6 nitrogen and oxygen atoms in total. The van der Waals surface area contributed by atoms with Crippen molar-refractivity contribution < 1.29 is 19.4 Å². The van der Waals surface area contributed by atoms with Gasteiger partial charge < -0.3 is 14.7 Å². The topological polar surface area (TPSA) is 79.7 Å². The summed E-state index contributed by atoms with van der Waals surface area (Å²) >= 11 is 1.03. The highest BCUT2D eigenvalue weighted by atomic mass is 32.1. The predicted molar refractivity (Wildman–Crippen MR) is 77.9 cm³/mol. The Bertz CT molecular complexity index is 651. The molecule has 0 aliphatic rings. The second-order valence-corrected chi connectivity index (χ2v) is 5.21. The van der Waals surface area contributed by atoms with Crippen LogP contribution in [0.5, 0.6) is 5.75 Å². The summed E-state index contributed by atoms with van der Waals surface area (Å²) in [4.78, 5) is 28.2. The molecule has 110 valence electrons. The summed E-state index contributed by atoms with van der Waals surface area (Å²) in [6.07, 6.45) is 0. The Morgan fingerprint density at radius 1 is 1.33 bits per heavy atom. The number of methoxy groups -OCH3 is 1. The molecule has 0 saturated carbocycles. The van der Waals surface area contributed by atoms with E-state index >= 15 is 0 Å². The van der Waals surface area contributed by atoms with Crippen LogP contribution < -0.4 is 4.74 Å². The lowest BCUT2D eigenvalue weighted by Gasteiger charge is -2.15. The smallest absolute Gasteiger partial charge is 0.355 e. The summed E-state index contributed by atoms with van der Waals surface area (Å²) in [6, 6.07) is 7.37. The van der Waals surface area contributed by atoms with E-state index in [1.807, 2.05) is 24.3 Å². The lowest BCUT2D eigenvalue weighted by atomic mass is 10.2. The highest BCUT2D eigenvalue weighted by Crippen LogP contribution is 2.16. The summed E-state index contributed by atoms with van der Waals surface area (Å²) < 4.78 is 5.07. The highest BCUT2D eigenvalue weighted by Gasteiger charge is 2.18. The largest absolute Gasteiger partial charge is 0.497 e. The molecule has 0 aliphatic carbocycles. The van der Waals surface area contributed by atoms with Crippen LogP contribution in [0.15, 0.2) is 29.6 Å². The van der Waals surface area contributed by atoms with E-state index in [9.17, 15) is 9.59 Å². The number of amides is 1. The monoisotopic (exact) mass is 306 g/mol. The number of rotatable bonds is 5. The van der Waals surface area contributed by atoms with E-state index in [2.05, 4.69) is 4.98 Å². The first kappa shape index (κ1) is 15.0. The van der Waals surface area contributed by atoms with E-state index in [0.29, 0.717) is 6.54 Å². The number of hydrogen-bond donors (Lipinski definition) is 1. The molecule has 2 aromatic rings. The molecule has 21 heavy (non-hydrogen) atoms. The quantitative estimate of drug-likeness (QED) is 0.915. The van der Waals surface area contributed by atoms with Crippen LogP contribution >= 0.6 is 11.3 Å². The maximum Gasteiger partial charge on any atom is 0.355 e. The van der Waals surface area contributed by atoms with Crippen LogP contribution in [0, 0.1) is 0 Å². The van der Waals surface area contributed by atoms with Gasteiger partial charge in [-0.3, -0.25) is 4.79 Å². The van der Waals surface area contributed by atoms with Crippen molar-refractivity contribution in [2.24, 2.45) is 0 Å². The van der Waals surface area contributed by atoms with Crippen molar-refractivity contribution in [3.05, 3.63) is 45.9 Å². The Hall–Kier alpha value is -2.41. The van der Waals surface area contributed by atoms with Crippen LogP contribution in [0.1, 0.15) is 25.9 Å². The van der Waals surface area contributed by atoms with Crippen LogP contribution in [-0.4, -0.2) is 41.0 Å². The predicted octanol–water partition coefficient (Wildman–Crippen LogP) is 2.12. The molecule has 1 aromatic heterocycles. The van der Waals surface area contributed by atoms with Gasteiger partial charge in [-0.15, -0.1) is 11.3 Å². The fourth-order valence-electron chi connectivity index (χ4n) is 1.71. The van der Waals surface area contributed by atoms with Crippen molar-refractivity contribution in [2.75, 3.05) is 14.2 Å². The Balaban J connectivity index is 2.05. The fourth-order valence-corrected chi connectivity index (χ4v) is 2.49. The Kier molecular flexibility index (Phi) is 4.54. The first-order chi connectivity index (χ1) is 10.0. The van der Waals surface area contributed by atoms with Gasteiger partial charge in [0.1, 0.15) is 5.75 Å². The zero-order valence-electron chi connectivity index (χ0n) is 11.6. The number of nitrogens with zero attached hydrogens (tertiary/aromatic N) is 2. The second kappa shape index (κ2) is 6.36. The Morgan fingerprint density at radius 3 is 2.52 bits per heavy atom. The SMILES string of the molecule is COc1ccc(CN(C)C(=O)c2nc(C(=O)O)cs2)cc1. The first-order valence-corrected chi connectivity index (χ1v) is 6.96. The summed E-state index contributed by atoms with van der Waals surface area (Å²) in [7, 11) is 3.24. The maximum atomic E-state index is 12.2. The average molecular weight is 306 g/mol. The van der Waals surface area contributed by atoms with Gasteiger partial charge in [0.15, 0.2) is 10.7 Å². The van der Waals surface area contributed by atoms with E-state index in [4.69, 9.17) is 9.84 Å². The lowest BCUT2D eigenvalue weighted by molar-refractivity contribution is 0.0691. The number of aromatic nitrogens is 1. The molecule has 1 heterocycles. The van der Waals surface area contributed by atoms with Gasteiger partial charge >= 0.3 is 5.97 Å². The zero-order chi connectivity index (χ0) is 15.4. The first-order valence-electron chi connectivity index (χ1n) is 6.08. The minimum absolute atomic E-state index is 0.110. The van der Waals surface area contributed by atoms with Crippen molar-refractivity contribution in [3.63, 3.8) is 0 Å². The number of carboxylic acids is 1. The molecule has 0 bridgehead atoms. The molecule has 0 atom stereocenters. The summed E-state index contributed by atoms with van der Waals surface area (Å²) in [5.41, 5.74) is 0.836. The third-order valence-corrected chi connectivity index (χ3v) is 3.66. The van der Waals surface area contributed by atoms with Crippen LogP contribution in [0.25, 0.3) is 0 Å². The molecule has 7 heteroatoms. The summed E-state index contributed by atoms with van der Waals surface area (Å²) in [5, 5.41) is 10.3. The van der Waals surface area contributed by atoms with Gasteiger partial charge in [-0.05, 0) is 17.7 Å². The highest BCUT2D eigenvalue weighted by molar-refractivity contribution is 7.11. The standard InChI is InChI=1S/C14H14N2O4S/c1-16(7-9-3-5-10(20-2)6-4-9)13(17)12-15-11(8-21-12)14(18)19/h3-6,8H,7H2,1-2H3,(H,18,19). The van der Waals surface area contributed by atoms with Crippen molar-refractivity contribution in [1.82, 2.24) is 9.88 Å². The number of thiazole rings is 1. The van der Waals surface area contributed by atoms with Crippen LogP contribution in [-0.2, 0) is 6.54 Å². The molecule has 1 N–H and O–H groups in total. The van der Waals surface area contributed by atoms with Crippen molar-refractivity contribution in [1.29, 1.82) is 0 Å². The minimum atomic E-state index is -1.14. The van der Waals surface area contributed by atoms with Gasteiger partial charge in [0, 0.05) is 19.0 Å². The fraction of sp³-hybridized carbons (Fsp3) is 0.214. The molecule has 1 amide bonds. The number of hydrogen-bond acceptors (Lipinski definition) is 5. The van der Waals surface area contributed by atoms with E-state index < -0.39 is 5.97 Å². The molecule has 0 saturated heterocycles. The van der Waals surface area contributed by atoms with Gasteiger partial charge in [0.2, 0.25) is 0 Å². The van der Waals surface area contributed by atoms with E-state index in [-0.39, 0.29) is 16.6 Å². The molecule has 0 fully saturated rings. The van der Waals surface area contributed by atoms with Crippen molar-refractivity contribution >= 4 is 23.2 Å². The maximum absolute atomic E-state index is 12.2. The van der Waals surface area contributed by atoms with Crippen molar-refractivity contribution in [2.45, 2.75) is 6.54 Å². The zero-order valence-corrected chi connectivity index (χ0v) is 12.4. The molecule has 2 rings (SSSR count). The summed E-state index contributed by atoms with van der Waals surface area (Å²) in [5.74, 6) is -0.690. The van der Waals surface area contributed by atoms with Crippen LogP contribution in [0.3, 0.4) is 0 Å². The van der Waals surface area contributed by atoms with E-state index in [1.165, 1.54) is 10.3 Å². The Labute approximate surface area is 125 Å². The minimum Gasteiger partial charge on any atom is -0.497 e.